The van der Waals surface area contributed by atoms with Gasteiger partial charge in [0.2, 0.25) is 0 Å². The van der Waals surface area contributed by atoms with Crippen LogP contribution in [0, 0.1) is 0 Å². The SMILES string of the molecule is COc1cc(Br)cc2ccc(=O)oc12. The summed E-state index contributed by atoms with van der Waals surface area (Å²) in [6.45, 7) is 0. The van der Waals surface area contributed by atoms with Gasteiger partial charge in [0.15, 0.2) is 11.3 Å². The molecule has 0 aliphatic rings. The fourth-order valence-electron chi connectivity index (χ4n) is 1.27. The van der Waals surface area contributed by atoms with E-state index in [0.717, 1.165) is 9.86 Å². The van der Waals surface area contributed by atoms with Gasteiger partial charge in [-0.3, -0.25) is 0 Å². The van der Waals surface area contributed by atoms with Crippen molar-refractivity contribution in [3.63, 3.8) is 0 Å². The van der Waals surface area contributed by atoms with Crippen LogP contribution in [0.2, 0.25) is 0 Å². The van der Waals surface area contributed by atoms with Crippen LogP contribution in [-0.2, 0) is 0 Å². The van der Waals surface area contributed by atoms with Gasteiger partial charge in [-0.15, -0.1) is 0 Å². The minimum Gasteiger partial charge on any atom is -0.493 e. The quantitative estimate of drug-likeness (QED) is 0.735. The molecular weight excluding hydrogens is 248 g/mol. The first-order chi connectivity index (χ1) is 6.70. The summed E-state index contributed by atoms with van der Waals surface area (Å²) in [6, 6.07) is 6.70. The van der Waals surface area contributed by atoms with Gasteiger partial charge in [-0.25, -0.2) is 4.79 Å². The third-order valence-electron chi connectivity index (χ3n) is 1.87. The summed E-state index contributed by atoms with van der Waals surface area (Å²) in [5, 5.41) is 0.829. The Bertz CT molecular complexity index is 530. The monoisotopic (exact) mass is 254 g/mol. The highest BCUT2D eigenvalue weighted by Crippen LogP contribution is 2.28. The Balaban J connectivity index is 2.88. The van der Waals surface area contributed by atoms with Crippen molar-refractivity contribution in [2.75, 3.05) is 7.11 Å². The van der Waals surface area contributed by atoms with Crippen molar-refractivity contribution < 1.29 is 9.15 Å². The van der Waals surface area contributed by atoms with Gasteiger partial charge in [0, 0.05) is 15.9 Å². The van der Waals surface area contributed by atoms with E-state index in [4.69, 9.17) is 9.15 Å². The van der Waals surface area contributed by atoms with Crippen molar-refractivity contribution in [1.29, 1.82) is 0 Å². The Morgan fingerprint density at radius 1 is 1.36 bits per heavy atom. The van der Waals surface area contributed by atoms with Gasteiger partial charge < -0.3 is 9.15 Å². The number of methoxy groups -OCH3 is 1. The highest BCUT2D eigenvalue weighted by atomic mass is 79.9. The Hall–Kier alpha value is -1.29. The molecule has 1 aromatic heterocycles. The van der Waals surface area contributed by atoms with E-state index in [0.29, 0.717) is 11.3 Å². The lowest BCUT2D eigenvalue weighted by Crippen LogP contribution is -1.96. The molecule has 0 amide bonds. The van der Waals surface area contributed by atoms with Crippen LogP contribution in [0.4, 0.5) is 0 Å². The van der Waals surface area contributed by atoms with E-state index in [1.165, 1.54) is 13.2 Å². The summed E-state index contributed by atoms with van der Waals surface area (Å²) in [6.07, 6.45) is 0. The van der Waals surface area contributed by atoms with Crippen LogP contribution in [0.15, 0.2) is 37.9 Å². The summed E-state index contributed by atoms with van der Waals surface area (Å²) >= 11 is 3.34. The zero-order valence-electron chi connectivity index (χ0n) is 7.41. The Kier molecular flexibility index (Phi) is 2.29. The van der Waals surface area contributed by atoms with Gasteiger partial charge >= 0.3 is 5.63 Å². The van der Waals surface area contributed by atoms with Gasteiger partial charge in [0.1, 0.15) is 0 Å². The third kappa shape index (κ3) is 1.53. The van der Waals surface area contributed by atoms with Crippen LogP contribution in [0.3, 0.4) is 0 Å². The summed E-state index contributed by atoms with van der Waals surface area (Å²) < 4.78 is 11.0. The predicted octanol–water partition coefficient (Wildman–Crippen LogP) is 2.56. The molecule has 1 heterocycles. The maximum Gasteiger partial charge on any atom is 0.336 e. The first kappa shape index (κ1) is 9.27. The van der Waals surface area contributed by atoms with E-state index < -0.39 is 0 Å². The van der Waals surface area contributed by atoms with E-state index in [1.807, 2.05) is 6.07 Å². The number of hydrogen-bond donors (Lipinski definition) is 0. The topological polar surface area (TPSA) is 39.4 Å². The third-order valence-corrected chi connectivity index (χ3v) is 2.33. The number of benzene rings is 1. The van der Waals surface area contributed by atoms with E-state index >= 15 is 0 Å². The average molecular weight is 255 g/mol. The molecule has 3 nitrogen and oxygen atoms in total. The van der Waals surface area contributed by atoms with Crippen LogP contribution >= 0.6 is 15.9 Å². The zero-order valence-corrected chi connectivity index (χ0v) is 9.00. The molecule has 72 valence electrons. The molecule has 0 aliphatic carbocycles. The van der Waals surface area contributed by atoms with E-state index in [-0.39, 0.29) is 5.63 Å². The summed E-state index contributed by atoms with van der Waals surface area (Å²) in [4.78, 5) is 11.0. The molecule has 0 bridgehead atoms. The number of hydrogen-bond acceptors (Lipinski definition) is 3. The van der Waals surface area contributed by atoms with Gasteiger partial charge in [0.05, 0.1) is 7.11 Å². The van der Waals surface area contributed by atoms with Crippen molar-refractivity contribution >= 4 is 26.9 Å². The molecule has 0 saturated carbocycles. The molecule has 0 atom stereocenters. The van der Waals surface area contributed by atoms with Crippen molar-refractivity contribution in [2.45, 2.75) is 0 Å². The highest BCUT2D eigenvalue weighted by molar-refractivity contribution is 9.10. The molecular formula is C10H7BrO3. The zero-order chi connectivity index (χ0) is 10.1. The molecule has 0 saturated heterocycles. The van der Waals surface area contributed by atoms with Crippen molar-refractivity contribution in [3.8, 4) is 5.75 Å². The molecule has 2 rings (SSSR count). The first-order valence-electron chi connectivity index (χ1n) is 3.98. The van der Waals surface area contributed by atoms with E-state index in [2.05, 4.69) is 15.9 Å². The van der Waals surface area contributed by atoms with Gasteiger partial charge in [0.25, 0.3) is 0 Å². The van der Waals surface area contributed by atoms with Crippen LogP contribution < -0.4 is 10.4 Å². The van der Waals surface area contributed by atoms with Crippen molar-refractivity contribution in [3.05, 3.63) is 39.2 Å². The molecule has 2 aromatic rings. The minimum atomic E-state index is -0.377. The van der Waals surface area contributed by atoms with Crippen LogP contribution in [0.1, 0.15) is 0 Å². The smallest absolute Gasteiger partial charge is 0.336 e. The lowest BCUT2D eigenvalue weighted by atomic mass is 10.2. The maximum absolute atomic E-state index is 11.0. The summed E-state index contributed by atoms with van der Waals surface area (Å²) in [5.41, 5.74) is 0.0984. The van der Waals surface area contributed by atoms with Gasteiger partial charge in [-0.2, -0.15) is 0 Å². The average Bonchev–Trinajstić information content (AvgIpc) is 2.17. The van der Waals surface area contributed by atoms with Gasteiger partial charge in [-0.05, 0) is 18.2 Å². The highest BCUT2D eigenvalue weighted by Gasteiger charge is 2.05. The van der Waals surface area contributed by atoms with Crippen LogP contribution in [-0.4, -0.2) is 7.11 Å². The molecule has 0 radical (unpaired) electrons. The molecule has 0 spiro atoms. The fourth-order valence-corrected chi connectivity index (χ4v) is 1.72. The molecule has 0 fully saturated rings. The number of ether oxygens (including phenoxy) is 1. The summed E-state index contributed by atoms with van der Waals surface area (Å²) in [7, 11) is 1.54. The Morgan fingerprint density at radius 3 is 2.86 bits per heavy atom. The largest absolute Gasteiger partial charge is 0.493 e. The second-order valence-corrected chi connectivity index (χ2v) is 3.70. The molecule has 0 N–H and O–H groups in total. The lowest BCUT2D eigenvalue weighted by molar-refractivity contribution is 0.406. The number of halogens is 1. The molecule has 14 heavy (non-hydrogen) atoms. The number of rotatable bonds is 1. The lowest BCUT2D eigenvalue weighted by Gasteiger charge is -2.03. The Morgan fingerprint density at radius 2 is 2.14 bits per heavy atom. The second kappa shape index (κ2) is 3.46. The number of fused-ring (bicyclic) bond motifs is 1. The molecule has 0 aliphatic heterocycles. The first-order valence-corrected chi connectivity index (χ1v) is 4.77. The predicted molar refractivity (Wildman–Crippen MR) is 56.7 cm³/mol. The molecule has 0 unspecified atom stereocenters. The summed E-state index contributed by atoms with van der Waals surface area (Å²) in [5.74, 6) is 0.548. The molecule has 4 heteroatoms. The van der Waals surface area contributed by atoms with Crippen LogP contribution in [0.25, 0.3) is 11.0 Å². The van der Waals surface area contributed by atoms with Crippen molar-refractivity contribution in [2.24, 2.45) is 0 Å². The van der Waals surface area contributed by atoms with Gasteiger partial charge in [-0.1, -0.05) is 15.9 Å². The van der Waals surface area contributed by atoms with Crippen molar-refractivity contribution in [1.82, 2.24) is 0 Å². The van der Waals surface area contributed by atoms with Crippen LogP contribution in [0.5, 0.6) is 5.75 Å². The molecule has 1 aromatic carbocycles. The normalized spacial score (nSPS) is 10.4. The minimum absolute atomic E-state index is 0.377. The van der Waals surface area contributed by atoms with E-state index in [9.17, 15) is 4.79 Å². The van der Waals surface area contributed by atoms with E-state index in [1.54, 1.807) is 12.1 Å². The second-order valence-electron chi connectivity index (χ2n) is 2.78. The fraction of sp³-hybridized carbons (Fsp3) is 0.100. The Labute approximate surface area is 88.4 Å². The maximum atomic E-state index is 11.0. The standard InChI is InChI=1S/C10H7BrO3/c1-13-8-5-7(11)4-6-2-3-9(12)14-10(6)8/h2-5H,1H3.